The van der Waals surface area contributed by atoms with Gasteiger partial charge in [-0.25, -0.2) is 4.98 Å². The lowest BCUT2D eigenvalue weighted by atomic mass is 10.1. The van der Waals surface area contributed by atoms with E-state index in [1.165, 1.54) is 0 Å². The molecule has 1 aliphatic heterocycles. The second-order valence-corrected chi connectivity index (χ2v) is 7.64. The van der Waals surface area contributed by atoms with Gasteiger partial charge in [-0.1, -0.05) is 11.6 Å². The molecule has 0 saturated carbocycles. The van der Waals surface area contributed by atoms with Crippen LogP contribution in [0.1, 0.15) is 0 Å². The van der Waals surface area contributed by atoms with Crippen molar-refractivity contribution in [1.82, 2.24) is 4.98 Å². The maximum Gasteiger partial charge on any atom is 0.434 e. The van der Waals surface area contributed by atoms with Crippen molar-refractivity contribution >= 4 is 28.4 Å². The zero-order valence-electron chi connectivity index (χ0n) is 17.6. The molecule has 21 heteroatoms. The van der Waals surface area contributed by atoms with Gasteiger partial charge in [0.2, 0.25) is 16.9 Å². The van der Waals surface area contributed by atoms with E-state index in [1.54, 1.807) is 0 Å². The molecule has 0 radical (unpaired) electrons. The number of non-ortho nitro benzene ring substituents is 1. The summed E-state index contributed by atoms with van der Waals surface area (Å²) in [6.07, 6.45) is -34.5. The van der Waals surface area contributed by atoms with Gasteiger partial charge in [-0.3, -0.25) is 14.9 Å². The van der Waals surface area contributed by atoms with E-state index in [0.717, 1.165) is 0 Å². The van der Waals surface area contributed by atoms with Crippen LogP contribution in [0.2, 0.25) is 5.02 Å². The third kappa shape index (κ3) is 5.98. The van der Waals surface area contributed by atoms with Crippen molar-refractivity contribution in [3.8, 4) is 23.0 Å². The molecular formula is C18H5ClF12N2O6. The fourth-order valence-electron chi connectivity index (χ4n) is 2.93. The Morgan fingerprint density at radius 1 is 0.846 bits per heavy atom. The number of rotatable bonds is 5. The van der Waals surface area contributed by atoms with E-state index in [1.807, 2.05) is 0 Å². The van der Waals surface area contributed by atoms with Crippen molar-refractivity contribution in [2.24, 2.45) is 0 Å². The van der Waals surface area contributed by atoms with Crippen molar-refractivity contribution < 1.29 is 71.5 Å². The van der Waals surface area contributed by atoms with Crippen LogP contribution in [0.5, 0.6) is 11.5 Å². The molecule has 0 aromatic heterocycles. The van der Waals surface area contributed by atoms with Crippen LogP contribution < -0.4 is 14.9 Å². The normalized spacial score (nSPS) is 13.5. The lowest BCUT2D eigenvalue weighted by molar-refractivity contribution is -0.384. The highest BCUT2D eigenvalue weighted by atomic mass is 35.5. The maximum atomic E-state index is 13.1. The van der Waals surface area contributed by atoms with E-state index in [0.29, 0.717) is 18.2 Å². The summed E-state index contributed by atoms with van der Waals surface area (Å²) in [4.78, 5) is 25.9. The summed E-state index contributed by atoms with van der Waals surface area (Å²) < 4.78 is 169. The van der Waals surface area contributed by atoms with Gasteiger partial charge in [0.1, 0.15) is 10.5 Å². The van der Waals surface area contributed by atoms with Crippen molar-refractivity contribution in [3.05, 3.63) is 43.6 Å². The lowest BCUT2D eigenvalue weighted by Gasteiger charge is -2.27. The summed E-state index contributed by atoms with van der Waals surface area (Å²) >= 11 is 5.47. The van der Waals surface area contributed by atoms with E-state index in [-0.39, 0.29) is 0 Å². The molecule has 0 amide bonds. The molecule has 1 aromatic rings. The number of benzene rings is 2. The summed E-state index contributed by atoms with van der Waals surface area (Å²) in [5.74, 6) is -5.70. The van der Waals surface area contributed by atoms with Gasteiger partial charge in [0, 0.05) is 6.07 Å². The highest BCUT2D eigenvalue weighted by Crippen LogP contribution is 2.47. The summed E-state index contributed by atoms with van der Waals surface area (Å²) in [7, 11) is 0. The predicted molar refractivity (Wildman–Crippen MR) is 102 cm³/mol. The van der Waals surface area contributed by atoms with Crippen LogP contribution in [0.25, 0.3) is 22.6 Å². The first-order valence-corrected chi connectivity index (χ1v) is 9.76. The standard InChI is InChI=1S/C18H5ClF12N2O6/c19-7-9(34)12(39-14(17(26,27)28)18(29,30)31)11-8(10(7)38-13(15(20,21)22)16(23,24)25)32-5-2-1-4(33(35)36)3-6(5)37-11/h1-3,13-14H. The summed E-state index contributed by atoms with van der Waals surface area (Å²) in [6, 6.07) is 1.86. The average Bonchev–Trinajstić information content (AvgIpc) is 2.74. The Morgan fingerprint density at radius 2 is 1.31 bits per heavy atom. The van der Waals surface area contributed by atoms with E-state index < -0.39 is 92.0 Å². The van der Waals surface area contributed by atoms with E-state index >= 15 is 0 Å². The third-order valence-electron chi connectivity index (χ3n) is 4.50. The van der Waals surface area contributed by atoms with Crippen LogP contribution in [0.4, 0.5) is 58.4 Å². The number of halogens is 13. The highest BCUT2D eigenvalue weighted by Gasteiger charge is 2.61. The summed E-state index contributed by atoms with van der Waals surface area (Å²) in [6.45, 7) is 0. The number of aromatic nitrogens is 1. The van der Waals surface area contributed by atoms with Gasteiger partial charge in [0.25, 0.3) is 17.9 Å². The van der Waals surface area contributed by atoms with Crippen molar-refractivity contribution in [2.75, 3.05) is 0 Å². The van der Waals surface area contributed by atoms with Crippen LogP contribution in [0, 0.1) is 10.1 Å². The van der Waals surface area contributed by atoms with Crippen LogP contribution in [0.15, 0.2) is 27.4 Å². The minimum Gasteiger partial charge on any atom is -0.467 e. The zero-order valence-corrected chi connectivity index (χ0v) is 18.4. The quantitative estimate of drug-likeness (QED) is 0.139. The summed E-state index contributed by atoms with van der Waals surface area (Å²) in [5.41, 5.74) is -6.18. The number of nitro benzene ring substituents is 1. The minimum absolute atomic E-state index is 0.477. The first kappa shape index (κ1) is 29.8. The van der Waals surface area contributed by atoms with Gasteiger partial charge in [-0.2, -0.15) is 52.7 Å². The molecule has 0 fully saturated rings. The predicted octanol–water partition coefficient (Wildman–Crippen LogP) is 6.60. The van der Waals surface area contributed by atoms with Crippen LogP contribution in [0.3, 0.4) is 0 Å². The molecule has 214 valence electrons. The van der Waals surface area contributed by atoms with Crippen molar-refractivity contribution in [1.29, 1.82) is 0 Å². The lowest BCUT2D eigenvalue weighted by Crippen LogP contribution is -2.48. The van der Waals surface area contributed by atoms with Gasteiger partial charge in [-0.05, 0) is 6.07 Å². The molecule has 1 heterocycles. The summed E-state index contributed by atoms with van der Waals surface area (Å²) in [5, 5.41) is 9.09. The molecular weight excluding hydrogens is 604 g/mol. The molecule has 1 aliphatic carbocycles. The third-order valence-corrected chi connectivity index (χ3v) is 4.84. The molecule has 0 N–H and O–H groups in total. The number of alkyl halides is 12. The molecule has 0 spiro atoms. The Kier molecular flexibility index (Phi) is 7.26. The average molecular weight is 609 g/mol. The highest BCUT2D eigenvalue weighted by molar-refractivity contribution is 6.32. The maximum absolute atomic E-state index is 13.1. The molecule has 0 bridgehead atoms. The first-order valence-electron chi connectivity index (χ1n) is 9.38. The first-order chi connectivity index (χ1) is 17.5. The van der Waals surface area contributed by atoms with E-state index in [9.17, 15) is 67.6 Å². The van der Waals surface area contributed by atoms with Crippen LogP contribution in [-0.2, 0) is 0 Å². The van der Waals surface area contributed by atoms with Crippen molar-refractivity contribution in [3.63, 3.8) is 0 Å². The molecule has 39 heavy (non-hydrogen) atoms. The van der Waals surface area contributed by atoms with Crippen LogP contribution in [-0.4, -0.2) is 46.8 Å². The molecule has 3 rings (SSSR count). The largest absolute Gasteiger partial charge is 0.467 e. The Bertz CT molecular complexity index is 1420. The number of nitro groups is 1. The zero-order chi connectivity index (χ0) is 29.9. The molecule has 0 unspecified atom stereocenters. The smallest absolute Gasteiger partial charge is 0.434 e. The number of hydrogen-bond acceptors (Lipinski definition) is 7. The van der Waals surface area contributed by atoms with Gasteiger partial charge in [-0.15, -0.1) is 0 Å². The Balaban J connectivity index is 2.43. The van der Waals surface area contributed by atoms with Gasteiger partial charge in [0.05, 0.1) is 11.0 Å². The SMILES string of the molecule is O=c1c(Cl)c(OC(C(F)(F)F)C(F)(F)F)c2nc3ccc([N+](=O)[O-])cc3oc-2c1OC(C(F)(F)F)C(F)(F)F. The topological polar surface area (TPSA) is 105 Å². The van der Waals surface area contributed by atoms with E-state index in [4.69, 9.17) is 16.0 Å². The minimum atomic E-state index is -6.28. The van der Waals surface area contributed by atoms with E-state index in [2.05, 4.69) is 14.5 Å². The molecule has 0 saturated heterocycles. The van der Waals surface area contributed by atoms with Crippen LogP contribution >= 0.6 is 11.6 Å². The number of nitrogens with zero attached hydrogens (tertiary/aromatic N) is 2. The van der Waals surface area contributed by atoms with Crippen molar-refractivity contribution in [2.45, 2.75) is 36.9 Å². The number of fused-ring (bicyclic) bond motifs is 2. The van der Waals surface area contributed by atoms with Gasteiger partial charge < -0.3 is 13.9 Å². The van der Waals surface area contributed by atoms with Gasteiger partial charge >= 0.3 is 24.7 Å². The van der Waals surface area contributed by atoms with Gasteiger partial charge in [0.15, 0.2) is 17.0 Å². The molecule has 0 atom stereocenters. The second kappa shape index (κ2) is 9.49. The fourth-order valence-corrected chi connectivity index (χ4v) is 3.15. The Labute approximate surface area is 209 Å². The number of hydrogen-bond donors (Lipinski definition) is 0. The fraction of sp³-hybridized carbons (Fsp3) is 0.333. The molecule has 1 aromatic carbocycles. The number of ether oxygens (including phenoxy) is 2. The Hall–Kier alpha value is -3.71. The Morgan fingerprint density at radius 3 is 1.74 bits per heavy atom. The molecule has 2 aliphatic rings. The second-order valence-electron chi connectivity index (χ2n) is 7.26. The molecule has 8 nitrogen and oxygen atoms in total. The monoisotopic (exact) mass is 608 g/mol.